The first-order chi connectivity index (χ1) is 8.08. The lowest BCUT2D eigenvalue weighted by molar-refractivity contribution is -0.130. The van der Waals surface area contributed by atoms with Crippen LogP contribution >= 0.6 is 0 Å². The third-order valence-electron chi connectivity index (χ3n) is 2.84. The molecule has 3 N–H and O–H groups in total. The number of piperazine rings is 1. The number of nitrogens with zero attached hydrogens (tertiary/aromatic N) is 3. The van der Waals surface area contributed by atoms with Gasteiger partial charge in [0.1, 0.15) is 11.5 Å². The van der Waals surface area contributed by atoms with Crippen molar-refractivity contribution >= 4 is 17.6 Å². The van der Waals surface area contributed by atoms with E-state index in [1.165, 1.54) is 13.0 Å². The van der Waals surface area contributed by atoms with Gasteiger partial charge in [0.15, 0.2) is 0 Å². The van der Waals surface area contributed by atoms with Gasteiger partial charge in [-0.25, -0.2) is 0 Å². The molecule has 92 valence electrons. The number of amides is 2. The highest BCUT2D eigenvalue weighted by molar-refractivity contribution is 5.93. The monoisotopic (exact) mass is 237 g/mol. The topological polar surface area (TPSA) is 95.3 Å². The molecule has 1 aliphatic heterocycles. The molecule has 1 aromatic rings. The number of hydrogen-bond acceptors (Lipinski definition) is 4. The normalized spacial score (nSPS) is 16.1. The lowest BCUT2D eigenvalue weighted by Crippen LogP contribution is -2.50. The number of aromatic amines is 1. The molecule has 1 fully saturated rings. The Hall–Kier alpha value is -2.05. The number of nitrogens with one attached hydrogen (secondary N) is 1. The molecule has 0 saturated carbocycles. The van der Waals surface area contributed by atoms with Crippen molar-refractivity contribution in [1.82, 2.24) is 20.0 Å². The molecule has 7 nitrogen and oxygen atoms in total. The van der Waals surface area contributed by atoms with Crippen LogP contribution in [0.25, 0.3) is 0 Å². The van der Waals surface area contributed by atoms with E-state index in [1.54, 1.807) is 9.80 Å². The van der Waals surface area contributed by atoms with Crippen molar-refractivity contribution in [3.63, 3.8) is 0 Å². The van der Waals surface area contributed by atoms with Gasteiger partial charge in [0.2, 0.25) is 5.91 Å². The first-order valence-electron chi connectivity index (χ1n) is 5.43. The zero-order valence-corrected chi connectivity index (χ0v) is 9.64. The molecule has 0 atom stereocenters. The van der Waals surface area contributed by atoms with Gasteiger partial charge >= 0.3 is 0 Å². The quantitative estimate of drug-likeness (QED) is 0.675. The van der Waals surface area contributed by atoms with E-state index in [1.807, 2.05) is 0 Å². The van der Waals surface area contributed by atoms with Gasteiger partial charge in [-0.3, -0.25) is 14.7 Å². The summed E-state index contributed by atoms with van der Waals surface area (Å²) >= 11 is 0. The van der Waals surface area contributed by atoms with E-state index < -0.39 is 0 Å². The molecular weight excluding hydrogens is 222 g/mol. The Kier molecular flexibility index (Phi) is 2.99. The second-order valence-corrected chi connectivity index (χ2v) is 4.00. The molecular formula is C10H15N5O2. The average molecular weight is 237 g/mol. The summed E-state index contributed by atoms with van der Waals surface area (Å²) in [5.41, 5.74) is 5.83. The van der Waals surface area contributed by atoms with Crippen LogP contribution in [0.15, 0.2) is 6.07 Å². The number of rotatable bonds is 1. The van der Waals surface area contributed by atoms with Crippen LogP contribution in [0, 0.1) is 0 Å². The number of H-pyrrole nitrogens is 1. The van der Waals surface area contributed by atoms with E-state index >= 15 is 0 Å². The van der Waals surface area contributed by atoms with E-state index in [0.717, 1.165) is 0 Å². The van der Waals surface area contributed by atoms with Crippen LogP contribution in [-0.2, 0) is 4.79 Å². The van der Waals surface area contributed by atoms with Crippen LogP contribution in [0.4, 0.5) is 5.82 Å². The Labute approximate surface area is 98.6 Å². The average Bonchev–Trinajstić information content (AvgIpc) is 2.75. The van der Waals surface area contributed by atoms with E-state index in [-0.39, 0.29) is 11.8 Å². The minimum absolute atomic E-state index is 0.0443. The molecule has 7 heteroatoms. The molecule has 17 heavy (non-hydrogen) atoms. The van der Waals surface area contributed by atoms with Gasteiger partial charge in [0, 0.05) is 39.2 Å². The first kappa shape index (κ1) is 11.4. The molecule has 0 radical (unpaired) electrons. The fourth-order valence-corrected chi connectivity index (χ4v) is 1.84. The van der Waals surface area contributed by atoms with Gasteiger partial charge in [-0.05, 0) is 0 Å². The Morgan fingerprint density at radius 1 is 1.29 bits per heavy atom. The predicted molar refractivity (Wildman–Crippen MR) is 61.2 cm³/mol. The predicted octanol–water partition coefficient (Wildman–Crippen LogP) is -0.704. The van der Waals surface area contributed by atoms with Crippen LogP contribution in [0.2, 0.25) is 0 Å². The Morgan fingerprint density at radius 2 is 1.88 bits per heavy atom. The Bertz CT molecular complexity index is 434. The maximum Gasteiger partial charge on any atom is 0.272 e. The highest BCUT2D eigenvalue weighted by Gasteiger charge is 2.24. The standard InChI is InChI=1S/C10H15N5O2/c1-7(16)14-2-4-15(5-3-14)10(17)8-6-9(11)13-12-8/h6H,2-5H2,1H3,(H3,11,12,13). The molecule has 0 spiro atoms. The first-order valence-corrected chi connectivity index (χ1v) is 5.43. The van der Waals surface area contributed by atoms with Crippen molar-refractivity contribution in [2.75, 3.05) is 31.9 Å². The summed E-state index contributed by atoms with van der Waals surface area (Å²) in [7, 11) is 0. The van der Waals surface area contributed by atoms with E-state index in [2.05, 4.69) is 10.2 Å². The number of carbonyl (C=O) groups is 2. The maximum absolute atomic E-state index is 12.0. The smallest absolute Gasteiger partial charge is 0.272 e. The third-order valence-corrected chi connectivity index (χ3v) is 2.84. The summed E-state index contributed by atoms with van der Waals surface area (Å²) < 4.78 is 0. The third kappa shape index (κ3) is 2.38. The molecule has 1 saturated heterocycles. The van der Waals surface area contributed by atoms with Gasteiger partial charge in [-0.15, -0.1) is 0 Å². The van der Waals surface area contributed by atoms with Crippen LogP contribution in [0.1, 0.15) is 17.4 Å². The van der Waals surface area contributed by atoms with Crippen molar-refractivity contribution in [3.8, 4) is 0 Å². The fraction of sp³-hybridized carbons (Fsp3) is 0.500. The maximum atomic E-state index is 12.0. The number of hydrogen-bond donors (Lipinski definition) is 2. The number of anilines is 1. The molecule has 2 heterocycles. The number of nitrogens with two attached hydrogens (primary N) is 1. The van der Waals surface area contributed by atoms with Crippen LogP contribution in [0.3, 0.4) is 0 Å². The molecule has 0 aliphatic carbocycles. The Morgan fingerprint density at radius 3 is 2.35 bits per heavy atom. The highest BCUT2D eigenvalue weighted by atomic mass is 16.2. The van der Waals surface area contributed by atoms with Crippen LogP contribution in [-0.4, -0.2) is 58.0 Å². The van der Waals surface area contributed by atoms with Crippen molar-refractivity contribution < 1.29 is 9.59 Å². The highest BCUT2D eigenvalue weighted by Crippen LogP contribution is 2.08. The second-order valence-electron chi connectivity index (χ2n) is 4.00. The molecule has 0 unspecified atom stereocenters. The molecule has 0 bridgehead atoms. The van der Waals surface area contributed by atoms with Crippen LogP contribution in [0.5, 0.6) is 0 Å². The molecule has 2 rings (SSSR count). The summed E-state index contributed by atoms with van der Waals surface area (Å²) in [6.07, 6.45) is 0. The summed E-state index contributed by atoms with van der Waals surface area (Å²) in [5, 5.41) is 6.31. The lowest BCUT2D eigenvalue weighted by atomic mass is 10.2. The van der Waals surface area contributed by atoms with Gasteiger partial charge < -0.3 is 15.5 Å². The largest absolute Gasteiger partial charge is 0.382 e. The molecule has 1 aliphatic rings. The Balaban J connectivity index is 1.97. The minimum Gasteiger partial charge on any atom is -0.382 e. The summed E-state index contributed by atoms with van der Waals surface area (Å²) in [6, 6.07) is 1.51. The second kappa shape index (κ2) is 4.44. The van der Waals surface area contributed by atoms with E-state index in [0.29, 0.717) is 37.7 Å². The fourth-order valence-electron chi connectivity index (χ4n) is 1.84. The van der Waals surface area contributed by atoms with Crippen molar-refractivity contribution in [3.05, 3.63) is 11.8 Å². The number of aromatic nitrogens is 2. The summed E-state index contributed by atoms with van der Waals surface area (Å²) in [5.74, 6) is 0.219. The van der Waals surface area contributed by atoms with Crippen molar-refractivity contribution in [2.45, 2.75) is 6.92 Å². The number of carbonyl (C=O) groups excluding carboxylic acids is 2. The molecule has 1 aromatic heterocycles. The van der Waals surface area contributed by atoms with Gasteiger partial charge in [-0.1, -0.05) is 0 Å². The van der Waals surface area contributed by atoms with Gasteiger partial charge in [0.25, 0.3) is 5.91 Å². The van der Waals surface area contributed by atoms with Crippen molar-refractivity contribution in [1.29, 1.82) is 0 Å². The zero-order valence-electron chi connectivity index (χ0n) is 9.64. The van der Waals surface area contributed by atoms with E-state index in [9.17, 15) is 9.59 Å². The summed E-state index contributed by atoms with van der Waals surface area (Å²) in [6.45, 7) is 3.76. The number of nitrogen functional groups attached to an aromatic ring is 1. The summed E-state index contributed by atoms with van der Waals surface area (Å²) in [4.78, 5) is 26.5. The molecule has 0 aromatic carbocycles. The minimum atomic E-state index is -0.127. The zero-order chi connectivity index (χ0) is 12.4. The van der Waals surface area contributed by atoms with Crippen molar-refractivity contribution in [2.24, 2.45) is 0 Å². The van der Waals surface area contributed by atoms with Gasteiger partial charge in [-0.2, -0.15) is 5.10 Å². The van der Waals surface area contributed by atoms with E-state index in [4.69, 9.17) is 5.73 Å². The van der Waals surface area contributed by atoms with Gasteiger partial charge in [0.05, 0.1) is 0 Å². The SMILES string of the molecule is CC(=O)N1CCN(C(=O)c2cc(N)n[nH]2)CC1. The van der Waals surface area contributed by atoms with Crippen LogP contribution < -0.4 is 5.73 Å². The molecule has 2 amide bonds. The lowest BCUT2D eigenvalue weighted by Gasteiger charge is -2.33.